The van der Waals surface area contributed by atoms with Crippen molar-refractivity contribution in [1.29, 1.82) is 0 Å². The first-order chi connectivity index (χ1) is 14.2. The third kappa shape index (κ3) is 3.98. The number of carbonyl (C=O) groups is 2. The van der Waals surface area contributed by atoms with Gasteiger partial charge in [0.25, 0.3) is 5.91 Å². The van der Waals surface area contributed by atoms with Crippen molar-refractivity contribution in [2.24, 2.45) is 5.92 Å². The molecule has 3 unspecified atom stereocenters. The van der Waals surface area contributed by atoms with E-state index in [2.05, 4.69) is 30.7 Å². The maximum absolute atomic E-state index is 12.6. The van der Waals surface area contributed by atoms with E-state index in [9.17, 15) is 9.59 Å². The van der Waals surface area contributed by atoms with Crippen LogP contribution < -0.4 is 10.6 Å². The molecule has 2 aromatic heterocycles. The van der Waals surface area contributed by atoms with Gasteiger partial charge in [-0.1, -0.05) is 35.5 Å². The molecule has 0 radical (unpaired) electrons. The first-order valence-electron chi connectivity index (χ1n) is 9.33. The van der Waals surface area contributed by atoms with Gasteiger partial charge in [-0.3, -0.25) is 14.6 Å². The third-order valence-electron chi connectivity index (χ3n) is 5.08. The van der Waals surface area contributed by atoms with Crippen LogP contribution in [0.2, 0.25) is 0 Å². The average molecular weight is 392 g/mol. The summed E-state index contributed by atoms with van der Waals surface area (Å²) in [6.45, 7) is 0. The summed E-state index contributed by atoms with van der Waals surface area (Å²) in [5, 5.41) is 9.70. The molecule has 1 saturated carbocycles. The van der Waals surface area contributed by atoms with Crippen molar-refractivity contribution in [1.82, 2.24) is 30.7 Å². The van der Waals surface area contributed by atoms with Gasteiger partial charge in [-0.15, -0.1) is 0 Å². The van der Waals surface area contributed by atoms with Crippen LogP contribution in [0.25, 0.3) is 11.4 Å². The topological polar surface area (TPSA) is 123 Å². The summed E-state index contributed by atoms with van der Waals surface area (Å²) in [6.07, 6.45) is 5.33. The van der Waals surface area contributed by atoms with Gasteiger partial charge in [0.2, 0.25) is 17.6 Å². The molecular formula is C20H20N6O3. The van der Waals surface area contributed by atoms with Crippen LogP contribution in [-0.2, 0) is 4.79 Å². The standard InChI is InChI=1S/C20H20N6O3/c1-21-18(27)13-9-14(15(10-13)24-19(28)16-11-22-7-8-23-16)20-25-17(26-29-20)12-5-3-2-4-6-12/h2-8,11,13-15H,9-10H2,1H3,(H,21,27)(H,24,28). The number of rotatable bonds is 5. The van der Waals surface area contributed by atoms with E-state index in [1.165, 1.54) is 18.6 Å². The normalized spacial score (nSPS) is 20.9. The summed E-state index contributed by atoms with van der Waals surface area (Å²) in [7, 11) is 1.60. The Labute approximate surface area is 167 Å². The molecule has 148 valence electrons. The van der Waals surface area contributed by atoms with Crippen LogP contribution in [0.5, 0.6) is 0 Å². The largest absolute Gasteiger partial charge is 0.359 e. The number of amides is 2. The molecule has 0 aliphatic heterocycles. The molecule has 4 rings (SSSR count). The van der Waals surface area contributed by atoms with Gasteiger partial charge in [0.05, 0.1) is 12.1 Å². The first-order valence-corrected chi connectivity index (χ1v) is 9.33. The maximum atomic E-state index is 12.6. The Bertz CT molecular complexity index is 992. The summed E-state index contributed by atoms with van der Waals surface area (Å²) in [5.41, 5.74) is 1.05. The summed E-state index contributed by atoms with van der Waals surface area (Å²) >= 11 is 0. The van der Waals surface area contributed by atoms with E-state index in [-0.39, 0.29) is 35.4 Å². The maximum Gasteiger partial charge on any atom is 0.271 e. The van der Waals surface area contributed by atoms with Crippen molar-refractivity contribution in [2.75, 3.05) is 7.05 Å². The summed E-state index contributed by atoms with van der Waals surface area (Å²) < 4.78 is 5.51. The van der Waals surface area contributed by atoms with Gasteiger partial charge >= 0.3 is 0 Å². The van der Waals surface area contributed by atoms with Gasteiger partial charge < -0.3 is 15.2 Å². The van der Waals surface area contributed by atoms with E-state index in [0.29, 0.717) is 24.6 Å². The lowest BCUT2D eigenvalue weighted by molar-refractivity contribution is -0.124. The van der Waals surface area contributed by atoms with Crippen LogP contribution >= 0.6 is 0 Å². The lowest BCUT2D eigenvalue weighted by Crippen LogP contribution is -2.37. The van der Waals surface area contributed by atoms with Gasteiger partial charge in [-0.2, -0.15) is 4.98 Å². The minimum atomic E-state index is -0.353. The first kappa shape index (κ1) is 18.7. The Morgan fingerprint density at radius 3 is 2.69 bits per heavy atom. The fraction of sp³-hybridized carbons (Fsp3) is 0.300. The number of hydrogen-bond donors (Lipinski definition) is 2. The highest BCUT2D eigenvalue weighted by Crippen LogP contribution is 2.38. The molecule has 0 saturated heterocycles. The van der Waals surface area contributed by atoms with Crippen molar-refractivity contribution < 1.29 is 14.1 Å². The van der Waals surface area contributed by atoms with Crippen LogP contribution in [0.4, 0.5) is 0 Å². The van der Waals surface area contributed by atoms with Gasteiger partial charge in [-0.05, 0) is 12.8 Å². The fourth-order valence-electron chi connectivity index (χ4n) is 3.64. The van der Waals surface area contributed by atoms with E-state index >= 15 is 0 Å². The molecule has 1 fully saturated rings. The zero-order valence-corrected chi connectivity index (χ0v) is 15.8. The molecular weight excluding hydrogens is 372 g/mol. The second kappa shape index (κ2) is 8.17. The zero-order chi connectivity index (χ0) is 20.2. The molecule has 2 amide bonds. The van der Waals surface area contributed by atoms with Crippen molar-refractivity contribution in [3.63, 3.8) is 0 Å². The smallest absolute Gasteiger partial charge is 0.271 e. The predicted octanol–water partition coefficient (Wildman–Crippen LogP) is 1.56. The van der Waals surface area contributed by atoms with Gasteiger partial charge in [0.1, 0.15) is 5.69 Å². The van der Waals surface area contributed by atoms with E-state index in [1.807, 2.05) is 30.3 Å². The molecule has 1 aliphatic rings. The van der Waals surface area contributed by atoms with Crippen molar-refractivity contribution >= 4 is 11.8 Å². The summed E-state index contributed by atoms with van der Waals surface area (Å²) in [5.74, 6) is -0.0858. The number of carbonyl (C=O) groups excluding carboxylic acids is 2. The highest BCUT2D eigenvalue weighted by molar-refractivity contribution is 5.92. The SMILES string of the molecule is CNC(=O)C1CC(NC(=O)c2cnccn2)C(c2nc(-c3ccccc3)no2)C1. The van der Waals surface area contributed by atoms with Crippen LogP contribution in [0.15, 0.2) is 53.4 Å². The number of hydrogen-bond acceptors (Lipinski definition) is 7. The fourth-order valence-corrected chi connectivity index (χ4v) is 3.64. The average Bonchev–Trinajstić information content (AvgIpc) is 3.42. The van der Waals surface area contributed by atoms with Crippen molar-refractivity contribution in [3.05, 3.63) is 60.5 Å². The lowest BCUT2D eigenvalue weighted by Gasteiger charge is -2.17. The summed E-state index contributed by atoms with van der Waals surface area (Å²) in [4.78, 5) is 37.2. The highest BCUT2D eigenvalue weighted by Gasteiger charge is 2.42. The van der Waals surface area contributed by atoms with E-state index in [4.69, 9.17) is 4.52 Å². The minimum absolute atomic E-state index is 0.0750. The molecule has 29 heavy (non-hydrogen) atoms. The van der Waals surface area contributed by atoms with Gasteiger partial charge in [-0.25, -0.2) is 4.98 Å². The predicted molar refractivity (Wildman–Crippen MR) is 103 cm³/mol. The molecule has 1 aliphatic carbocycles. The zero-order valence-electron chi connectivity index (χ0n) is 15.8. The molecule has 2 N–H and O–H groups in total. The summed E-state index contributed by atoms with van der Waals surface area (Å²) in [6, 6.07) is 9.15. The monoisotopic (exact) mass is 392 g/mol. The highest BCUT2D eigenvalue weighted by atomic mass is 16.5. The Hall–Kier alpha value is -3.62. The second-order valence-electron chi connectivity index (χ2n) is 6.88. The molecule has 3 aromatic rings. The Morgan fingerprint density at radius 1 is 1.14 bits per heavy atom. The molecule has 9 heteroatoms. The van der Waals surface area contributed by atoms with Crippen molar-refractivity contribution in [2.45, 2.75) is 24.8 Å². The van der Waals surface area contributed by atoms with Crippen LogP contribution in [-0.4, -0.2) is 45.0 Å². The lowest BCUT2D eigenvalue weighted by atomic mass is 10.0. The van der Waals surface area contributed by atoms with Crippen LogP contribution in [0, 0.1) is 5.92 Å². The quantitative estimate of drug-likeness (QED) is 0.675. The molecule has 9 nitrogen and oxygen atoms in total. The molecule has 3 atom stereocenters. The Kier molecular flexibility index (Phi) is 5.28. The van der Waals surface area contributed by atoms with E-state index in [1.54, 1.807) is 7.05 Å². The van der Waals surface area contributed by atoms with Crippen molar-refractivity contribution in [3.8, 4) is 11.4 Å². The van der Waals surface area contributed by atoms with Crippen LogP contribution in [0.1, 0.15) is 35.1 Å². The van der Waals surface area contributed by atoms with Gasteiger partial charge in [0, 0.05) is 37.0 Å². The van der Waals surface area contributed by atoms with E-state index < -0.39 is 0 Å². The Morgan fingerprint density at radius 2 is 1.97 bits per heavy atom. The molecule has 2 heterocycles. The van der Waals surface area contributed by atoms with Gasteiger partial charge in [0.15, 0.2) is 0 Å². The van der Waals surface area contributed by atoms with E-state index in [0.717, 1.165) is 5.56 Å². The number of nitrogens with zero attached hydrogens (tertiary/aromatic N) is 4. The van der Waals surface area contributed by atoms with Crippen LogP contribution in [0.3, 0.4) is 0 Å². The molecule has 1 aromatic carbocycles. The second-order valence-corrected chi connectivity index (χ2v) is 6.88. The molecule has 0 spiro atoms. The third-order valence-corrected chi connectivity index (χ3v) is 5.08. The number of benzene rings is 1. The number of aromatic nitrogens is 4. The molecule has 0 bridgehead atoms. The Balaban J connectivity index is 1.58. The minimum Gasteiger partial charge on any atom is -0.359 e. The number of nitrogens with one attached hydrogen (secondary N) is 2.